The zero-order valence-corrected chi connectivity index (χ0v) is 14.7. The molecule has 2 aromatic carbocycles. The summed E-state index contributed by atoms with van der Waals surface area (Å²) in [5, 5.41) is 2.74. The van der Waals surface area contributed by atoms with Gasteiger partial charge in [0.05, 0.1) is 14.2 Å². The Balaban J connectivity index is 2.05. The van der Waals surface area contributed by atoms with Gasteiger partial charge in [-0.2, -0.15) is 0 Å². The van der Waals surface area contributed by atoms with Crippen molar-refractivity contribution in [3.63, 3.8) is 0 Å². The maximum Gasteiger partial charge on any atom is 0.346 e. The van der Waals surface area contributed by atoms with Crippen LogP contribution in [0, 0.1) is 13.8 Å². The second-order valence-corrected chi connectivity index (χ2v) is 5.41. The van der Waals surface area contributed by atoms with E-state index in [1.54, 1.807) is 24.3 Å². The van der Waals surface area contributed by atoms with Gasteiger partial charge in [-0.05, 0) is 43.2 Å². The lowest BCUT2D eigenvalue weighted by molar-refractivity contribution is -0.119. The zero-order chi connectivity index (χ0) is 18.4. The van der Waals surface area contributed by atoms with E-state index in [-0.39, 0.29) is 5.56 Å². The van der Waals surface area contributed by atoms with Crippen molar-refractivity contribution in [1.29, 1.82) is 0 Å². The van der Waals surface area contributed by atoms with Crippen molar-refractivity contribution < 1.29 is 23.8 Å². The average Bonchev–Trinajstić information content (AvgIpc) is 2.62. The Morgan fingerprint density at radius 3 is 2.16 bits per heavy atom. The SMILES string of the molecule is COc1cccc(OC)c1C(=O)OCC(=O)Nc1cccc(C)c1C. The minimum absolute atomic E-state index is 0.145. The lowest BCUT2D eigenvalue weighted by Gasteiger charge is -2.13. The predicted octanol–water partition coefficient (Wildman–Crippen LogP) is 3.12. The van der Waals surface area contributed by atoms with Gasteiger partial charge in [-0.1, -0.05) is 18.2 Å². The Bertz CT molecular complexity index is 763. The average molecular weight is 343 g/mol. The molecule has 2 aromatic rings. The van der Waals surface area contributed by atoms with Crippen LogP contribution in [0.15, 0.2) is 36.4 Å². The molecule has 0 spiro atoms. The fourth-order valence-electron chi connectivity index (χ4n) is 2.33. The van der Waals surface area contributed by atoms with Crippen molar-refractivity contribution in [2.75, 3.05) is 26.1 Å². The summed E-state index contributed by atoms with van der Waals surface area (Å²) >= 11 is 0. The van der Waals surface area contributed by atoms with E-state index in [4.69, 9.17) is 14.2 Å². The predicted molar refractivity (Wildman–Crippen MR) is 94.4 cm³/mol. The third-order valence-corrected chi connectivity index (χ3v) is 3.85. The summed E-state index contributed by atoms with van der Waals surface area (Å²) < 4.78 is 15.4. The maximum atomic E-state index is 12.3. The number of methoxy groups -OCH3 is 2. The Morgan fingerprint density at radius 2 is 1.56 bits per heavy atom. The van der Waals surface area contributed by atoms with Crippen LogP contribution in [0.4, 0.5) is 5.69 Å². The summed E-state index contributed by atoms with van der Waals surface area (Å²) in [6.07, 6.45) is 0. The number of hydrogen-bond acceptors (Lipinski definition) is 5. The summed E-state index contributed by atoms with van der Waals surface area (Å²) in [5.74, 6) is -0.472. The monoisotopic (exact) mass is 343 g/mol. The minimum atomic E-state index is -0.689. The zero-order valence-electron chi connectivity index (χ0n) is 14.7. The van der Waals surface area contributed by atoms with Crippen LogP contribution >= 0.6 is 0 Å². The molecule has 0 atom stereocenters. The Kier molecular flexibility index (Phi) is 6.00. The standard InChI is InChI=1S/C19H21NO5/c1-12-7-5-8-14(13(12)2)20-17(21)11-25-19(22)18-15(23-3)9-6-10-16(18)24-4/h5-10H,11H2,1-4H3,(H,20,21). The van der Waals surface area contributed by atoms with Crippen molar-refractivity contribution in [3.05, 3.63) is 53.1 Å². The molecule has 0 fully saturated rings. The molecule has 0 bridgehead atoms. The molecule has 0 heterocycles. The normalized spacial score (nSPS) is 10.1. The molecule has 0 unspecified atom stereocenters. The first-order valence-corrected chi connectivity index (χ1v) is 7.72. The van der Waals surface area contributed by atoms with Gasteiger partial charge in [0.15, 0.2) is 6.61 Å². The second kappa shape index (κ2) is 8.19. The van der Waals surface area contributed by atoms with Crippen LogP contribution in [-0.2, 0) is 9.53 Å². The van der Waals surface area contributed by atoms with Gasteiger partial charge in [-0.15, -0.1) is 0 Å². The van der Waals surface area contributed by atoms with E-state index in [2.05, 4.69) is 5.32 Å². The van der Waals surface area contributed by atoms with Crippen LogP contribution in [0.5, 0.6) is 11.5 Å². The largest absolute Gasteiger partial charge is 0.496 e. The molecule has 0 aliphatic rings. The van der Waals surface area contributed by atoms with E-state index >= 15 is 0 Å². The number of hydrogen-bond donors (Lipinski definition) is 1. The Hall–Kier alpha value is -3.02. The number of nitrogens with one attached hydrogen (secondary N) is 1. The van der Waals surface area contributed by atoms with Gasteiger partial charge in [0.25, 0.3) is 5.91 Å². The molecule has 132 valence electrons. The van der Waals surface area contributed by atoms with Crippen molar-refractivity contribution in [3.8, 4) is 11.5 Å². The van der Waals surface area contributed by atoms with Gasteiger partial charge in [0.2, 0.25) is 0 Å². The van der Waals surface area contributed by atoms with Gasteiger partial charge >= 0.3 is 5.97 Å². The van der Waals surface area contributed by atoms with Gasteiger partial charge in [-0.3, -0.25) is 4.79 Å². The highest BCUT2D eigenvalue weighted by Crippen LogP contribution is 2.28. The van der Waals surface area contributed by atoms with Crippen molar-refractivity contribution in [2.24, 2.45) is 0 Å². The lowest BCUT2D eigenvalue weighted by Crippen LogP contribution is -2.22. The van der Waals surface area contributed by atoms with E-state index < -0.39 is 18.5 Å². The lowest BCUT2D eigenvalue weighted by atomic mass is 10.1. The number of anilines is 1. The number of carbonyl (C=O) groups excluding carboxylic acids is 2. The molecule has 0 saturated carbocycles. The minimum Gasteiger partial charge on any atom is -0.496 e. The highest BCUT2D eigenvalue weighted by atomic mass is 16.5. The van der Waals surface area contributed by atoms with Crippen LogP contribution in [0.2, 0.25) is 0 Å². The topological polar surface area (TPSA) is 73.9 Å². The number of esters is 1. The molecule has 6 nitrogen and oxygen atoms in total. The molecular formula is C19H21NO5. The Labute approximate surface area is 146 Å². The quantitative estimate of drug-likeness (QED) is 0.816. The molecule has 1 amide bonds. The van der Waals surface area contributed by atoms with Gasteiger partial charge in [0.1, 0.15) is 17.1 Å². The van der Waals surface area contributed by atoms with Gasteiger partial charge < -0.3 is 19.5 Å². The maximum absolute atomic E-state index is 12.3. The third kappa shape index (κ3) is 4.29. The highest BCUT2D eigenvalue weighted by Gasteiger charge is 2.20. The first-order chi connectivity index (χ1) is 12.0. The molecule has 0 aromatic heterocycles. The van der Waals surface area contributed by atoms with E-state index in [1.165, 1.54) is 14.2 Å². The van der Waals surface area contributed by atoms with Gasteiger partial charge in [0, 0.05) is 5.69 Å². The summed E-state index contributed by atoms with van der Waals surface area (Å²) in [5.41, 5.74) is 2.87. The number of aryl methyl sites for hydroxylation is 1. The van der Waals surface area contributed by atoms with Crippen LogP contribution in [0.25, 0.3) is 0 Å². The molecule has 0 radical (unpaired) electrons. The smallest absolute Gasteiger partial charge is 0.346 e. The van der Waals surface area contributed by atoms with Crippen molar-refractivity contribution in [2.45, 2.75) is 13.8 Å². The number of benzene rings is 2. The molecule has 0 aliphatic carbocycles. The molecule has 6 heteroatoms. The molecular weight excluding hydrogens is 322 g/mol. The number of rotatable bonds is 6. The van der Waals surface area contributed by atoms with Crippen molar-refractivity contribution >= 4 is 17.6 Å². The van der Waals surface area contributed by atoms with E-state index in [0.29, 0.717) is 17.2 Å². The molecule has 2 rings (SSSR count). The first-order valence-electron chi connectivity index (χ1n) is 7.72. The molecule has 25 heavy (non-hydrogen) atoms. The number of ether oxygens (including phenoxy) is 3. The molecule has 0 saturated heterocycles. The van der Waals surface area contributed by atoms with E-state index in [0.717, 1.165) is 11.1 Å². The fraction of sp³-hybridized carbons (Fsp3) is 0.263. The van der Waals surface area contributed by atoms with Crippen LogP contribution in [0.1, 0.15) is 21.5 Å². The number of amides is 1. The fourth-order valence-corrected chi connectivity index (χ4v) is 2.33. The summed E-state index contributed by atoms with van der Waals surface area (Å²) in [6.45, 7) is 3.46. The number of carbonyl (C=O) groups is 2. The Morgan fingerprint density at radius 1 is 0.960 bits per heavy atom. The second-order valence-electron chi connectivity index (χ2n) is 5.41. The summed E-state index contributed by atoms with van der Waals surface area (Å²) in [7, 11) is 2.89. The van der Waals surface area contributed by atoms with Crippen molar-refractivity contribution in [1.82, 2.24) is 0 Å². The van der Waals surface area contributed by atoms with E-state index in [9.17, 15) is 9.59 Å². The summed E-state index contributed by atoms with van der Waals surface area (Å²) in [6, 6.07) is 10.5. The summed E-state index contributed by atoms with van der Waals surface area (Å²) in [4.78, 5) is 24.4. The third-order valence-electron chi connectivity index (χ3n) is 3.85. The highest BCUT2D eigenvalue weighted by molar-refractivity contribution is 5.98. The first kappa shape index (κ1) is 18.3. The van der Waals surface area contributed by atoms with Crippen LogP contribution in [0.3, 0.4) is 0 Å². The van der Waals surface area contributed by atoms with Gasteiger partial charge in [-0.25, -0.2) is 4.79 Å². The molecule has 1 N–H and O–H groups in total. The van der Waals surface area contributed by atoms with Crippen LogP contribution < -0.4 is 14.8 Å². The van der Waals surface area contributed by atoms with E-state index in [1.807, 2.05) is 26.0 Å². The van der Waals surface area contributed by atoms with Crippen LogP contribution in [-0.4, -0.2) is 32.7 Å². The molecule has 0 aliphatic heterocycles.